The molecular formula is C21H42OSi. The molecule has 0 aliphatic heterocycles. The largest absolute Gasteiger partial charge is 0.414 e. The van der Waals surface area contributed by atoms with Gasteiger partial charge in [-0.25, -0.2) is 0 Å². The maximum Gasteiger partial charge on any atom is 0.184 e. The second-order valence-corrected chi connectivity index (χ2v) is 13.6. The van der Waals surface area contributed by atoms with Gasteiger partial charge in [0.2, 0.25) is 0 Å². The van der Waals surface area contributed by atoms with Crippen molar-refractivity contribution in [2.75, 3.05) is 0 Å². The van der Waals surface area contributed by atoms with Gasteiger partial charge in [-0.3, -0.25) is 0 Å². The van der Waals surface area contributed by atoms with Gasteiger partial charge in [-0.15, -0.1) is 0 Å². The summed E-state index contributed by atoms with van der Waals surface area (Å²) in [6.07, 6.45) is 14.5. The molecule has 0 bridgehead atoms. The number of hydrogen-bond donors (Lipinski definition) is 0. The zero-order valence-corrected chi connectivity index (χ0v) is 17.9. The Morgan fingerprint density at radius 1 is 1.13 bits per heavy atom. The van der Waals surface area contributed by atoms with Crippen molar-refractivity contribution in [2.24, 2.45) is 23.7 Å². The summed E-state index contributed by atoms with van der Waals surface area (Å²) in [6, 6.07) is 0. The summed E-state index contributed by atoms with van der Waals surface area (Å²) in [5, 5.41) is 0. The van der Waals surface area contributed by atoms with Crippen LogP contribution >= 0.6 is 0 Å². The van der Waals surface area contributed by atoms with Crippen LogP contribution < -0.4 is 0 Å². The van der Waals surface area contributed by atoms with Gasteiger partial charge in [-0.05, 0) is 69.0 Å². The summed E-state index contributed by atoms with van der Waals surface area (Å²) in [7, 11) is -1.45. The summed E-state index contributed by atoms with van der Waals surface area (Å²) in [4.78, 5) is 0. The molecule has 0 aromatic rings. The summed E-state index contributed by atoms with van der Waals surface area (Å²) in [5.74, 6) is 3.21. The minimum Gasteiger partial charge on any atom is -0.414 e. The van der Waals surface area contributed by atoms with E-state index in [1.54, 1.807) is 0 Å². The lowest BCUT2D eigenvalue weighted by molar-refractivity contribution is 0.124. The van der Waals surface area contributed by atoms with Crippen LogP contribution in [0.4, 0.5) is 0 Å². The molecule has 1 aliphatic carbocycles. The summed E-state index contributed by atoms with van der Waals surface area (Å²) >= 11 is 0. The molecule has 0 radical (unpaired) electrons. The molecule has 1 saturated carbocycles. The second-order valence-electron chi connectivity index (χ2n) is 9.13. The normalized spacial score (nSPS) is 29.0. The standard InChI is InChI=1S/C21H42OSi/c1-8-9-10-11-12-13-19-18(4)16-21(22-23(5,6)7)20(19)15-14-17(2)3/h11-12,17-21H,8-10,13-16H2,1-7H3/b12-11-/t18-,19-,20+,21+/m0/s1. The fraction of sp³-hybridized carbons (Fsp3) is 0.905. The van der Waals surface area contributed by atoms with Gasteiger partial charge in [-0.1, -0.05) is 59.1 Å². The number of unbranched alkanes of at least 4 members (excludes halogenated alkanes) is 2. The molecule has 0 unspecified atom stereocenters. The maximum absolute atomic E-state index is 6.60. The minimum atomic E-state index is -1.45. The average Bonchev–Trinajstić information content (AvgIpc) is 2.69. The van der Waals surface area contributed by atoms with Crippen molar-refractivity contribution in [1.82, 2.24) is 0 Å². The van der Waals surface area contributed by atoms with Crippen molar-refractivity contribution in [3.05, 3.63) is 12.2 Å². The highest BCUT2D eigenvalue weighted by atomic mass is 28.4. The van der Waals surface area contributed by atoms with E-state index in [2.05, 4.69) is 59.5 Å². The molecule has 0 spiro atoms. The Labute approximate surface area is 147 Å². The smallest absolute Gasteiger partial charge is 0.184 e. The molecule has 1 nitrogen and oxygen atoms in total. The molecule has 2 heteroatoms. The molecule has 0 amide bonds. The maximum atomic E-state index is 6.60. The zero-order chi connectivity index (χ0) is 17.5. The number of hydrogen-bond acceptors (Lipinski definition) is 1. The van der Waals surface area contributed by atoms with Crippen LogP contribution in [0.25, 0.3) is 0 Å². The van der Waals surface area contributed by atoms with Gasteiger partial charge in [0.15, 0.2) is 8.32 Å². The monoisotopic (exact) mass is 338 g/mol. The van der Waals surface area contributed by atoms with Gasteiger partial charge in [-0.2, -0.15) is 0 Å². The third-order valence-corrected chi connectivity index (χ3v) is 6.25. The van der Waals surface area contributed by atoms with Gasteiger partial charge in [0.05, 0.1) is 0 Å². The molecule has 4 atom stereocenters. The highest BCUT2D eigenvalue weighted by molar-refractivity contribution is 6.69. The van der Waals surface area contributed by atoms with Gasteiger partial charge < -0.3 is 4.43 Å². The number of rotatable bonds is 10. The van der Waals surface area contributed by atoms with Crippen LogP contribution in [0.5, 0.6) is 0 Å². The Balaban J connectivity index is 2.68. The van der Waals surface area contributed by atoms with E-state index in [0.717, 1.165) is 23.7 Å². The van der Waals surface area contributed by atoms with Crippen LogP contribution in [0, 0.1) is 23.7 Å². The Hall–Kier alpha value is -0.0831. The SMILES string of the molecule is CCCC/C=C\C[C@@H]1[C@@H](CCC(C)C)[C@H](O[Si](C)(C)C)C[C@@H]1C. The lowest BCUT2D eigenvalue weighted by atomic mass is 9.83. The Bertz CT molecular complexity index is 342. The van der Waals surface area contributed by atoms with Crippen molar-refractivity contribution in [1.29, 1.82) is 0 Å². The van der Waals surface area contributed by atoms with Gasteiger partial charge in [0.25, 0.3) is 0 Å². The van der Waals surface area contributed by atoms with E-state index in [0.29, 0.717) is 6.10 Å². The Kier molecular flexibility index (Phi) is 9.14. The molecule has 0 N–H and O–H groups in total. The van der Waals surface area contributed by atoms with E-state index in [1.165, 1.54) is 44.9 Å². The molecule has 0 aromatic heterocycles. The van der Waals surface area contributed by atoms with Crippen LogP contribution in [-0.2, 0) is 4.43 Å². The third kappa shape index (κ3) is 8.02. The quantitative estimate of drug-likeness (QED) is 0.235. The van der Waals surface area contributed by atoms with Gasteiger partial charge >= 0.3 is 0 Å². The molecule has 0 heterocycles. The summed E-state index contributed by atoms with van der Waals surface area (Å²) < 4.78 is 6.60. The first-order valence-electron chi connectivity index (χ1n) is 10.1. The van der Waals surface area contributed by atoms with Gasteiger partial charge in [0, 0.05) is 6.10 Å². The predicted molar refractivity (Wildman–Crippen MR) is 106 cm³/mol. The van der Waals surface area contributed by atoms with Crippen LogP contribution in [0.1, 0.15) is 72.6 Å². The molecular weight excluding hydrogens is 296 g/mol. The summed E-state index contributed by atoms with van der Waals surface area (Å²) in [5.41, 5.74) is 0. The second kappa shape index (κ2) is 10.0. The predicted octanol–water partition coefficient (Wildman–Crippen LogP) is 7.05. The van der Waals surface area contributed by atoms with Crippen molar-refractivity contribution < 1.29 is 4.43 Å². The molecule has 0 saturated heterocycles. The van der Waals surface area contributed by atoms with E-state index in [1.807, 2.05) is 0 Å². The third-order valence-electron chi connectivity index (χ3n) is 5.24. The minimum absolute atomic E-state index is 0.518. The zero-order valence-electron chi connectivity index (χ0n) is 16.9. The van der Waals surface area contributed by atoms with E-state index < -0.39 is 8.32 Å². The van der Waals surface area contributed by atoms with Crippen LogP contribution in [-0.4, -0.2) is 14.4 Å². The topological polar surface area (TPSA) is 9.23 Å². The van der Waals surface area contributed by atoms with E-state index in [4.69, 9.17) is 4.43 Å². The number of allylic oxidation sites excluding steroid dienone is 2. The average molecular weight is 339 g/mol. The summed E-state index contributed by atoms with van der Waals surface area (Å²) in [6.45, 7) is 16.5. The highest BCUT2D eigenvalue weighted by Gasteiger charge is 2.42. The fourth-order valence-corrected chi connectivity index (χ4v) is 5.21. The van der Waals surface area contributed by atoms with Crippen molar-refractivity contribution >= 4 is 8.32 Å². The molecule has 1 rings (SSSR count). The van der Waals surface area contributed by atoms with Crippen molar-refractivity contribution in [3.63, 3.8) is 0 Å². The van der Waals surface area contributed by atoms with Crippen LogP contribution in [0.3, 0.4) is 0 Å². The van der Waals surface area contributed by atoms with Crippen molar-refractivity contribution in [3.8, 4) is 0 Å². The highest BCUT2D eigenvalue weighted by Crippen LogP contribution is 2.44. The van der Waals surface area contributed by atoms with Gasteiger partial charge in [0.1, 0.15) is 0 Å². The first kappa shape index (κ1) is 21.0. The first-order valence-corrected chi connectivity index (χ1v) is 13.5. The first-order chi connectivity index (χ1) is 10.7. The Morgan fingerprint density at radius 2 is 1.83 bits per heavy atom. The molecule has 136 valence electrons. The van der Waals surface area contributed by atoms with E-state index >= 15 is 0 Å². The molecule has 1 fully saturated rings. The lowest BCUT2D eigenvalue weighted by Gasteiger charge is -2.30. The molecule has 23 heavy (non-hydrogen) atoms. The molecule has 1 aliphatic rings. The fourth-order valence-electron chi connectivity index (χ4n) is 4.03. The Morgan fingerprint density at radius 3 is 2.39 bits per heavy atom. The van der Waals surface area contributed by atoms with Crippen LogP contribution in [0.2, 0.25) is 19.6 Å². The van der Waals surface area contributed by atoms with E-state index in [9.17, 15) is 0 Å². The van der Waals surface area contributed by atoms with E-state index in [-0.39, 0.29) is 0 Å². The lowest BCUT2D eigenvalue weighted by Crippen LogP contribution is -2.35. The van der Waals surface area contributed by atoms with Crippen LogP contribution in [0.15, 0.2) is 12.2 Å². The van der Waals surface area contributed by atoms with Crippen molar-refractivity contribution in [2.45, 2.75) is 98.4 Å². The molecule has 0 aromatic carbocycles.